The third-order valence-corrected chi connectivity index (χ3v) is 6.29. The van der Waals surface area contributed by atoms with Gasteiger partial charge in [0.05, 0.1) is 0 Å². The van der Waals surface area contributed by atoms with Crippen molar-refractivity contribution < 1.29 is 24.2 Å². The molecule has 0 fully saturated rings. The van der Waals surface area contributed by atoms with E-state index in [2.05, 4.69) is 34.9 Å². The molecule has 3 N–H and O–H groups in total. The molecule has 4 rings (SSSR count). The molecule has 0 bridgehead atoms. The number of benzene rings is 3. The summed E-state index contributed by atoms with van der Waals surface area (Å²) >= 11 is 0. The molecule has 0 saturated heterocycles. The Bertz CT molecular complexity index is 1240. The summed E-state index contributed by atoms with van der Waals surface area (Å²) in [4.78, 5) is 36.5. The zero-order valence-corrected chi connectivity index (χ0v) is 19.9. The van der Waals surface area contributed by atoms with E-state index in [9.17, 15) is 19.5 Å². The van der Waals surface area contributed by atoms with Gasteiger partial charge in [0, 0.05) is 17.2 Å². The maximum absolute atomic E-state index is 12.6. The Balaban J connectivity index is 1.40. The molecule has 0 heterocycles. The van der Waals surface area contributed by atoms with Gasteiger partial charge in [0.15, 0.2) is 0 Å². The second-order valence-electron chi connectivity index (χ2n) is 9.01. The summed E-state index contributed by atoms with van der Waals surface area (Å²) in [6, 6.07) is 20.0. The van der Waals surface area contributed by atoms with E-state index < -0.39 is 24.0 Å². The predicted octanol–water partition coefficient (Wildman–Crippen LogP) is 5.20. The Labute approximate surface area is 204 Å². The number of carboxylic acid groups (broad SMARTS) is 1. The first kappa shape index (κ1) is 24.0. The maximum Gasteiger partial charge on any atom is 0.411 e. The summed E-state index contributed by atoms with van der Waals surface area (Å²) in [5.74, 6) is -1.86. The third kappa shape index (κ3) is 5.04. The summed E-state index contributed by atoms with van der Waals surface area (Å²) in [5.41, 5.74) is 6.06. The zero-order valence-electron chi connectivity index (χ0n) is 19.9. The van der Waals surface area contributed by atoms with Crippen molar-refractivity contribution in [2.45, 2.75) is 32.7 Å². The zero-order chi connectivity index (χ0) is 25.1. The lowest BCUT2D eigenvalue weighted by Crippen LogP contribution is -2.44. The molecule has 180 valence electrons. The Hall–Kier alpha value is -4.13. The van der Waals surface area contributed by atoms with Crippen molar-refractivity contribution in [2.75, 3.05) is 11.9 Å². The minimum Gasteiger partial charge on any atom is -0.480 e. The van der Waals surface area contributed by atoms with Gasteiger partial charge in [-0.1, -0.05) is 62.4 Å². The average molecular weight is 473 g/mol. The van der Waals surface area contributed by atoms with Crippen LogP contribution in [0.3, 0.4) is 0 Å². The number of amides is 2. The SMILES string of the molecule is Cc1cc(C(=O)N[C@@H](C(=O)O)C(C)C)ccc1NC(=O)OCC1c2ccccc2-c2ccccc21. The number of hydrogen-bond acceptors (Lipinski definition) is 4. The molecule has 0 unspecified atom stereocenters. The summed E-state index contributed by atoms with van der Waals surface area (Å²) in [6.45, 7) is 5.41. The van der Waals surface area contributed by atoms with E-state index in [4.69, 9.17) is 4.74 Å². The van der Waals surface area contributed by atoms with E-state index in [0.717, 1.165) is 22.3 Å². The summed E-state index contributed by atoms with van der Waals surface area (Å²) in [5, 5.41) is 14.6. The van der Waals surface area contributed by atoms with E-state index in [1.165, 1.54) is 0 Å². The van der Waals surface area contributed by atoms with Crippen LogP contribution in [-0.4, -0.2) is 35.7 Å². The number of nitrogens with one attached hydrogen (secondary N) is 2. The fourth-order valence-electron chi connectivity index (χ4n) is 4.43. The molecule has 1 aliphatic carbocycles. The molecule has 0 saturated carbocycles. The number of aryl methyl sites for hydroxylation is 1. The van der Waals surface area contributed by atoms with Crippen LogP contribution in [-0.2, 0) is 9.53 Å². The highest BCUT2D eigenvalue weighted by Gasteiger charge is 2.29. The van der Waals surface area contributed by atoms with Crippen LogP contribution >= 0.6 is 0 Å². The number of ether oxygens (including phenoxy) is 1. The first-order chi connectivity index (χ1) is 16.8. The van der Waals surface area contributed by atoms with Gasteiger partial charge in [-0.15, -0.1) is 0 Å². The van der Waals surface area contributed by atoms with Gasteiger partial charge in [0.25, 0.3) is 5.91 Å². The van der Waals surface area contributed by atoms with E-state index >= 15 is 0 Å². The fraction of sp³-hybridized carbons (Fsp3) is 0.250. The van der Waals surface area contributed by atoms with Crippen LogP contribution < -0.4 is 10.6 Å². The van der Waals surface area contributed by atoms with Gasteiger partial charge >= 0.3 is 12.1 Å². The monoisotopic (exact) mass is 472 g/mol. The highest BCUT2D eigenvalue weighted by molar-refractivity contribution is 5.97. The number of rotatable bonds is 7. The lowest BCUT2D eigenvalue weighted by Gasteiger charge is -2.18. The first-order valence-corrected chi connectivity index (χ1v) is 11.5. The summed E-state index contributed by atoms with van der Waals surface area (Å²) in [7, 11) is 0. The Morgan fingerprint density at radius 3 is 2.09 bits per heavy atom. The largest absolute Gasteiger partial charge is 0.480 e. The van der Waals surface area contributed by atoms with Crippen LogP contribution in [0.25, 0.3) is 11.1 Å². The Morgan fingerprint density at radius 2 is 1.54 bits per heavy atom. The van der Waals surface area contributed by atoms with Crippen molar-refractivity contribution in [3.8, 4) is 11.1 Å². The van der Waals surface area contributed by atoms with Crippen LogP contribution in [0.5, 0.6) is 0 Å². The minimum atomic E-state index is -1.08. The maximum atomic E-state index is 12.6. The summed E-state index contributed by atoms with van der Waals surface area (Å²) in [6.07, 6.45) is -0.585. The van der Waals surface area contributed by atoms with Gasteiger partial charge < -0.3 is 15.2 Å². The van der Waals surface area contributed by atoms with E-state index in [1.807, 2.05) is 24.3 Å². The molecule has 0 aliphatic heterocycles. The van der Waals surface area contributed by atoms with Crippen LogP contribution in [0, 0.1) is 12.8 Å². The first-order valence-electron chi connectivity index (χ1n) is 11.5. The molecule has 35 heavy (non-hydrogen) atoms. The van der Waals surface area contributed by atoms with Crippen molar-refractivity contribution >= 4 is 23.7 Å². The Kier molecular flexibility index (Phi) is 6.87. The number of carboxylic acids is 1. The molecule has 0 radical (unpaired) electrons. The molecule has 3 aromatic carbocycles. The molecule has 0 aromatic heterocycles. The molecule has 7 nitrogen and oxygen atoms in total. The third-order valence-electron chi connectivity index (χ3n) is 6.29. The van der Waals surface area contributed by atoms with Gasteiger partial charge in [0.2, 0.25) is 0 Å². The molecule has 1 atom stereocenters. The molecular formula is C28H28N2O5. The number of aliphatic carboxylic acids is 1. The molecule has 0 spiro atoms. The quantitative estimate of drug-likeness (QED) is 0.439. The fourth-order valence-corrected chi connectivity index (χ4v) is 4.43. The normalized spacial score (nSPS) is 13.0. The van der Waals surface area contributed by atoms with Crippen molar-refractivity contribution in [1.29, 1.82) is 0 Å². The highest BCUT2D eigenvalue weighted by atomic mass is 16.5. The number of anilines is 1. The molecule has 7 heteroatoms. The summed E-state index contributed by atoms with van der Waals surface area (Å²) < 4.78 is 5.59. The van der Waals surface area contributed by atoms with E-state index in [0.29, 0.717) is 16.8 Å². The topological polar surface area (TPSA) is 105 Å². The lowest BCUT2D eigenvalue weighted by molar-refractivity contribution is -0.140. The second-order valence-corrected chi connectivity index (χ2v) is 9.01. The average Bonchev–Trinajstić information content (AvgIpc) is 3.15. The molecule has 2 amide bonds. The minimum absolute atomic E-state index is 0.0385. The van der Waals surface area contributed by atoms with Gasteiger partial charge in [-0.3, -0.25) is 10.1 Å². The van der Waals surface area contributed by atoms with Crippen LogP contribution in [0.15, 0.2) is 66.7 Å². The lowest BCUT2D eigenvalue weighted by atomic mass is 9.98. The van der Waals surface area contributed by atoms with Crippen molar-refractivity contribution in [2.24, 2.45) is 5.92 Å². The molecular weight excluding hydrogens is 444 g/mol. The van der Waals surface area contributed by atoms with Crippen molar-refractivity contribution in [1.82, 2.24) is 5.32 Å². The van der Waals surface area contributed by atoms with Gasteiger partial charge in [-0.25, -0.2) is 9.59 Å². The van der Waals surface area contributed by atoms with Gasteiger partial charge in [-0.2, -0.15) is 0 Å². The van der Waals surface area contributed by atoms with Crippen LogP contribution in [0.1, 0.15) is 46.8 Å². The van der Waals surface area contributed by atoms with E-state index in [1.54, 1.807) is 39.0 Å². The van der Waals surface area contributed by atoms with Crippen molar-refractivity contribution in [3.63, 3.8) is 0 Å². The molecule has 1 aliphatic rings. The smallest absolute Gasteiger partial charge is 0.411 e. The van der Waals surface area contributed by atoms with Gasteiger partial charge in [-0.05, 0) is 58.9 Å². The van der Waals surface area contributed by atoms with Crippen LogP contribution in [0.2, 0.25) is 0 Å². The van der Waals surface area contributed by atoms with Crippen molar-refractivity contribution in [3.05, 3.63) is 89.0 Å². The number of hydrogen-bond donors (Lipinski definition) is 3. The number of fused-ring (bicyclic) bond motifs is 3. The Morgan fingerprint density at radius 1 is 0.943 bits per heavy atom. The van der Waals surface area contributed by atoms with Gasteiger partial charge in [0.1, 0.15) is 12.6 Å². The van der Waals surface area contributed by atoms with Crippen LogP contribution in [0.4, 0.5) is 10.5 Å². The highest BCUT2D eigenvalue weighted by Crippen LogP contribution is 2.44. The van der Waals surface area contributed by atoms with E-state index in [-0.39, 0.29) is 18.4 Å². The second kappa shape index (κ2) is 10.0. The number of carbonyl (C=O) groups is 3. The number of carbonyl (C=O) groups excluding carboxylic acids is 2. The predicted molar refractivity (Wildman–Crippen MR) is 134 cm³/mol. The standard InChI is InChI=1S/C28H28N2O5/c1-16(2)25(27(32)33)30-26(31)18-12-13-24(17(3)14-18)29-28(34)35-15-23-21-10-6-4-8-19(21)20-9-5-7-11-22(20)23/h4-14,16,23,25H,15H2,1-3H3,(H,29,34)(H,30,31)(H,32,33)/t25-/m1/s1. The molecule has 3 aromatic rings.